The van der Waals surface area contributed by atoms with Crippen molar-refractivity contribution < 1.29 is 4.74 Å². The number of methoxy groups -OCH3 is 1. The van der Waals surface area contributed by atoms with Crippen LogP contribution >= 0.6 is 15.9 Å². The summed E-state index contributed by atoms with van der Waals surface area (Å²) in [4.78, 5) is 2.16. The number of halogens is 1. The predicted octanol–water partition coefficient (Wildman–Crippen LogP) is 1.78. The monoisotopic (exact) mass is 315 g/mol. The van der Waals surface area contributed by atoms with Crippen LogP contribution in [0.2, 0.25) is 0 Å². The maximum atomic E-state index is 5.62. The van der Waals surface area contributed by atoms with E-state index >= 15 is 0 Å². The van der Waals surface area contributed by atoms with Gasteiger partial charge in [-0.15, -0.1) is 0 Å². The normalized spacial score (nSPS) is 12.8. The second-order valence-electron chi connectivity index (χ2n) is 4.62. The number of nitrogens with one attached hydrogen (secondary N) is 1. The Balaban J connectivity index is 2.71. The Morgan fingerprint density at radius 3 is 2.72 bits per heavy atom. The average Bonchev–Trinajstić information content (AvgIpc) is 2.34. The largest absolute Gasteiger partial charge is 0.496 e. The van der Waals surface area contributed by atoms with Crippen LogP contribution < -0.4 is 16.0 Å². The molecule has 0 aliphatic carbocycles. The van der Waals surface area contributed by atoms with Crippen LogP contribution in [0.4, 0.5) is 0 Å². The zero-order chi connectivity index (χ0) is 13.5. The van der Waals surface area contributed by atoms with E-state index in [4.69, 9.17) is 10.6 Å². The molecule has 0 amide bonds. The van der Waals surface area contributed by atoms with Gasteiger partial charge in [0.25, 0.3) is 0 Å². The SMILES string of the molecule is COc1ccc(Br)cc1CC(CCN(C)C)NN. The Labute approximate surface area is 118 Å². The van der Waals surface area contributed by atoms with Gasteiger partial charge in [0.05, 0.1) is 7.11 Å². The zero-order valence-electron chi connectivity index (χ0n) is 11.2. The molecule has 0 radical (unpaired) electrons. The van der Waals surface area contributed by atoms with Crippen molar-refractivity contribution in [3.05, 3.63) is 28.2 Å². The van der Waals surface area contributed by atoms with Crippen LogP contribution in [0.1, 0.15) is 12.0 Å². The fourth-order valence-corrected chi connectivity index (χ4v) is 2.24. The van der Waals surface area contributed by atoms with Gasteiger partial charge in [-0.25, -0.2) is 0 Å². The van der Waals surface area contributed by atoms with Crippen molar-refractivity contribution in [2.45, 2.75) is 18.9 Å². The van der Waals surface area contributed by atoms with Gasteiger partial charge in [-0.2, -0.15) is 0 Å². The number of benzene rings is 1. The minimum absolute atomic E-state index is 0.246. The topological polar surface area (TPSA) is 50.5 Å². The Morgan fingerprint density at radius 1 is 1.44 bits per heavy atom. The molecule has 1 unspecified atom stereocenters. The lowest BCUT2D eigenvalue weighted by molar-refractivity contribution is 0.354. The summed E-state index contributed by atoms with van der Waals surface area (Å²) in [6, 6.07) is 6.28. The maximum Gasteiger partial charge on any atom is 0.122 e. The van der Waals surface area contributed by atoms with E-state index in [1.165, 1.54) is 0 Å². The van der Waals surface area contributed by atoms with E-state index < -0.39 is 0 Å². The molecule has 3 N–H and O–H groups in total. The predicted molar refractivity (Wildman–Crippen MR) is 78.7 cm³/mol. The van der Waals surface area contributed by atoms with Gasteiger partial charge in [-0.1, -0.05) is 15.9 Å². The molecule has 0 saturated heterocycles. The van der Waals surface area contributed by atoms with Gasteiger partial charge >= 0.3 is 0 Å². The van der Waals surface area contributed by atoms with E-state index in [1.54, 1.807) is 7.11 Å². The second kappa shape index (κ2) is 7.74. The number of hydrogen-bond donors (Lipinski definition) is 2. The van der Waals surface area contributed by atoms with Crippen molar-refractivity contribution in [3.8, 4) is 5.75 Å². The van der Waals surface area contributed by atoms with Crippen LogP contribution in [-0.2, 0) is 6.42 Å². The first-order valence-electron chi connectivity index (χ1n) is 6.00. The molecule has 5 heteroatoms. The molecular weight excluding hydrogens is 294 g/mol. The van der Waals surface area contributed by atoms with Gasteiger partial charge in [0.2, 0.25) is 0 Å². The summed E-state index contributed by atoms with van der Waals surface area (Å²) in [6.45, 7) is 1.01. The van der Waals surface area contributed by atoms with E-state index in [0.29, 0.717) is 0 Å². The Morgan fingerprint density at radius 2 is 2.17 bits per heavy atom. The summed E-state index contributed by atoms with van der Waals surface area (Å²) in [5.41, 5.74) is 4.04. The highest BCUT2D eigenvalue weighted by Crippen LogP contribution is 2.24. The molecule has 1 aromatic carbocycles. The van der Waals surface area contributed by atoms with Gasteiger partial charge in [-0.05, 0) is 57.2 Å². The summed E-state index contributed by atoms with van der Waals surface area (Å²) in [5, 5.41) is 0. The molecule has 0 aliphatic heterocycles. The molecule has 0 spiro atoms. The molecule has 0 saturated carbocycles. The van der Waals surface area contributed by atoms with Crippen molar-refractivity contribution in [1.29, 1.82) is 0 Å². The quantitative estimate of drug-likeness (QED) is 0.595. The highest BCUT2D eigenvalue weighted by Gasteiger charge is 2.12. The lowest BCUT2D eigenvalue weighted by atomic mass is 10.0. The third kappa shape index (κ3) is 4.94. The van der Waals surface area contributed by atoms with Crippen LogP contribution in [0.25, 0.3) is 0 Å². The van der Waals surface area contributed by atoms with Gasteiger partial charge in [-0.3, -0.25) is 11.3 Å². The molecule has 1 atom stereocenters. The molecule has 1 aromatic rings. The number of nitrogens with two attached hydrogens (primary N) is 1. The molecule has 1 rings (SSSR count). The summed E-state index contributed by atoms with van der Waals surface area (Å²) < 4.78 is 6.43. The third-order valence-corrected chi connectivity index (χ3v) is 3.36. The molecule has 0 aromatic heterocycles. The van der Waals surface area contributed by atoms with E-state index in [1.807, 2.05) is 12.1 Å². The van der Waals surface area contributed by atoms with Crippen molar-refractivity contribution in [2.24, 2.45) is 5.84 Å². The number of rotatable bonds is 7. The van der Waals surface area contributed by atoms with E-state index in [9.17, 15) is 0 Å². The summed E-state index contributed by atoms with van der Waals surface area (Å²) in [7, 11) is 5.82. The minimum Gasteiger partial charge on any atom is -0.496 e. The second-order valence-corrected chi connectivity index (χ2v) is 5.53. The standard InChI is InChI=1S/C13H22BrN3O/c1-17(2)7-6-12(16-15)9-10-8-11(14)4-5-13(10)18-3/h4-5,8,12,16H,6-7,9,15H2,1-3H3. The molecule has 102 valence electrons. The van der Waals surface area contributed by atoms with Crippen LogP contribution in [0.3, 0.4) is 0 Å². The highest BCUT2D eigenvalue weighted by molar-refractivity contribution is 9.10. The van der Waals surface area contributed by atoms with Crippen LogP contribution in [0.5, 0.6) is 5.75 Å². The lowest BCUT2D eigenvalue weighted by Crippen LogP contribution is -2.38. The smallest absolute Gasteiger partial charge is 0.122 e. The molecule has 0 aliphatic rings. The third-order valence-electron chi connectivity index (χ3n) is 2.87. The zero-order valence-corrected chi connectivity index (χ0v) is 12.8. The van der Waals surface area contributed by atoms with Crippen LogP contribution in [0, 0.1) is 0 Å². The number of ether oxygens (including phenoxy) is 1. The minimum atomic E-state index is 0.246. The van der Waals surface area contributed by atoms with Gasteiger partial charge in [0.1, 0.15) is 5.75 Å². The van der Waals surface area contributed by atoms with E-state index in [0.717, 1.165) is 35.2 Å². The number of hydrogen-bond acceptors (Lipinski definition) is 4. The van der Waals surface area contributed by atoms with Gasteiger partial charge in [0, 0.05) is 10.5 Å². The molecular formula is C13H22BrN3O. The number of hydrazine groups is 1. The van der Waals surface area contributed by atoms with Crippen LogP contribution in [0.15, 0.2) is 22.7 Å². The first-order chi connectivity index (χ1) is 8.56. The molecule has 0 fully saturated rings. The molecule has 0 bridgehead atoms. The lowest BCUT2D eigenvalue weighted by Gasteiger charge is -2.19. The summed E-state index contributed by atoms with van der Waals surface area (Å²) in [5.74, 6) is 6.52. The van der Waals surface area contributed by atoms with Crippen molar-refractivity contribution in [3.63, 3.8) is 0 Å². The van der Waals surface area contributed by atoms with Crippen molar-refractivity contribution in [2.75, 3.05) is 27.7 Å². The summed E-state index contributed by atoms with van der Waals surface area (Å²) >= 11 is 3.48. The molecule has 0 heterocycles. The van der Waals surface area contributed by atoms with E-state index in [-0.39, 0.29) is 6.04 Å². The van der Waals surface area contributed by atoms with Crippen molar-refractivity contribution >= 4 is 15.9 Å². The van der Waals surface area contributed by atoms with Gasteiger partial charge in [0.15, 0.2) is 0 Å². The molecule has 18 heavy (non-hydrogen) atoms. The van der Waals surface area contributed by atoms with E-state index in [2.05, 4.69) is 46.4 Å². The van der Waals surface area contributed by atoms with Crippen LogP contribution in [-0.4, -0.2) is 38.7 Å². The first kappa shape index (κ1) is 15.4. The fourth-order valence-electron chi connectivity index (χ4n) is 1.83. The van der Waals surface area contributed by atoms with Crippen molar-refractivity contribution in [1.82, 2.24) is 10.3 Å². The Kier molecular flexibility index (Phi) is 6.63. The average molecular weight is 316 g/mol. The fraction of sp³-hybridized carbons (Fsp3) is 0.538. The first-order valence-corrected chi connectivity index (χ1v) is 6.79. The Bertz CT molecular complexity index is 371. The molecule has 4 nitrogen and oxygen atoms in total. The summed E-state index contributed by atoms with van der Waals surface area (Å²) in [6.07, 6.45) is 1.85. The van der Waals surface area contributed by atoms with Gasteiger partial charge < -0.3 is 9.64 Å². The maximum absolute atomic E-state index is 5.62. The number of nitrogens with zero attached hydrogens (tertiary/aromatic N) is 1. The Hall–Kier alpha value is -0.620. The highest BCUT2D eigenvalue weighted by atomic mass is 79.9.